The van der Waals surface area contributed by atoms with E-state index in [1.165, 1.54) is 0 Å². The molecule has 2 aromatic carbocycles. The van der Waals surface area contributed by atoms with Crippen molar-refractivity contribution in [3.8, 4) is 5.75 Å². The van der Waals surface area contributed by atoms with Gasteiger partial charge in [0, 0.05) is 32.6 Å². The number of benzene rings is 2. The molecule has 0 N–H and O–H groups in total. The van der Waals surface area contributed by atoms with Gasteiger partial charge in [-0.3, -0.25) is 9.59 Å². The highest BCUT2D eigenvalue weighted by Crippen LogP contribution is 2.14. The third-order valence-corrected chi connectivity index (χ3v) is 5.87. The van der Waals surface area contributed by atoms with Gasteiger partial charge in [0.05, 0.1) is 19.9 Å². The van der Waals surface area contributed by atoms with Crippen molar-refractivity contribution in [2.24, 2.45) is 0 Å². The second kappa shape index (κ2) is 10.8. The van der Waals surface area contributed by atoms with Crippen molar-refractivity contribution in [1.29, 1.82) is 0 Å². The van der Waals surface area contributed by atoms with Crippen LogP contribution < -0.4 is 4.74 Å². The molecule has 2 heterocycles. The summed E-state index contributed by atoms with van der Waals surface area (Å²) in [6.45, 7) is 2.86. The van der Waals surface area contributed by atoms with Crippen molar-refractivity contribution in [3.63, 3.8) is 0 Å². The Hall–Kier alpha value is -3.68. The number of ether oxygens (including phenoxy) is 1. The fraction of sp³-hybridized carbons (Fsp3) is 0.360. The maximum atomic E-state index is 13.0. The summed E-state index contributed by atoms with van der Waals surface area (Å²) in [5.74, 6) is 0.790. The molecule has 1 fully saturated rings. The highest BCUT2D eigenvalue weighted by Gasteiger charge is 2.24. The lowest BCUT2D eigenvalue weighted by molar-refractivity contribution is -0.131. The zero-order valence-electron chi connectivity index (χ0n) is 18.9. The SMILES string of the molecule is COc1ccc(CCC(=O)N2CCCN(C(=O)c3cn(Cc4ccccc4)nn3)CC2)cc1. The number of hydrogen-bond donors (Lipinski definition) is 0. The van der Waals surface area contributed by atoms with E-state index in [1.807, 2.05) is 59.5 Å². The van der Waals surface area contributed by atoms with E-state index >= 15 is 0 Å². The summed E-state index contributed by atoms with van der Waals surface area (Å²) >= 11 is 0. The van der Waals surface area contributed by atoms with Crippen molar-refractivity contribution >= 4 is 11.8 Å². The van der Waals surface area contributed by atoms with E-state index in [9.17, 15) is 9.59 Å². The summed E-state index contributed by atoms with van der Waals surface area (Å²) in [4.78, 5) is 29.3. The first kappa shape index (κ1) is 22.5. The number of carbonyl (C=O) groups is 2. The third kappa shape index (κ3) is 5.97. The first-order valence-corrected chi connectivity index (χ1v) is 11.3. The molecule has 2 amide bonds. The number of rotatable bonds is 7. The normalized spacial score (nSPS) is 14.1. The number of carbonyl (C=O) groups excluding carboxylic acids is 2. The quantitative estimate of drug-likeness (QED) is 0.556. The smallest absolute Gasteiger partial charge is 0.276 e. The number of aryl methyl sites for hydroxylation is 1. The number of aromatic nitrogens is 3. The largest absolute Gasteiger partial charge is 0.497 e. The molecule has 0 spiro atoms. The summed E-state index contributed by atoms with van der Waals surface area (Å²) < 4.78 is 6.85. The van der Waals surface area contributed by atoms with Crippen LogP contribution >= 0.6 is 0 Å². The van der Waals surface area contributed by atoms with Crippen molar-refractivity contribution in [3.05, 3.63) is 77.6 Å². The average Bonchev–Trinajstić information content (AvgIpc) is 3.17. The van der Waals surface area contributed by atoms with Crippen LogP contribution in [-0.2, 0) is 17.8 Å². The van der Waals surface area contributed by atoms with Crippen LogP contribution in [-0.4, -0.2) is 69.9 Å². The molecule has 4 rings (SSSR count). The summed E-state index contributed by atoms with van der Waals surface area (Å²) in [7, 11) is 1.64. The highest BCUT2D eigenvalue weighted by molar-refractivity contribution is 5.92. The minimum atomic E-state index is -0.137. The van der Waals surface area contributed by atoms with Crippen molar-refractivity contribution in [1.82, 2.24) is 24.8 Å². The molecule has 0 atom stereocenters. The number of hydrogen-bond acceptors (Lipinski definition) is 5. The fourth-order valence-corrected chi connectivity index (χ4v) is 3.98. The zero-order valence-corrected chi connectivity index (χ0v) is 18.9. The van der Waals surface area contributed by atoms with Crippen molar-refractivity contribution in [2.45, 2.75) is 25.8 Å². The number of methoxy groups -OCH3 is 1. The van der Waals surface area contributed by atoms with E-state index in [-0.39, 0.29) is 11.8 Å². The molecular formula is C25H29N5O3. The second-order valence-electron chi connectivity index (χ2n) is 8.16. The number of nitrogens with zero attached hydrogens (tertiary/aromatic N) is 5. The molecule has 1 aliphatic rings. The summed E-state index contributed by atoms with van der Waals surface area (Å²) in [5.41, 5.74) is 2.54. The van der Waals surface area contributed by atoms with Gasteiger partial charge in [0.2, 0.25) is 5.91 Å². The molecule has 33 heavy (non-hydrogen) atoms. The standard InChI is InChI=1S/C25H29N5O3/c1-33-22-11-8-20(9-12-22)10-13-24(31)28-14-5-15-29(17-16-28)25(32)23-19-30(27-26-23)18-21-6-3-2-4-7-21/h2-4,6-9,11-12,19H,5,10,13-18H2,1H3. The van der Waals surface area contributed by atoms with E-state index in [1.54, 1.807) is 22.9 Å². The van der Waals surface area contributed by atoms with Crippen LogP contribution in [0.5, 0.6) is 5.75 Å². The van der Waals surface area contributed by atoms with Crippen LogP contribution in [0.3, 0.4) is 0 Å². The average molecular weight is 448 g/mol. The van der Waals surface area contributed by atoms with Gasteiger partial charge in [-0.2, -0.15) is 0 Å². The molecule has 0 unspecified atom stereocenters. The van der Waals surface area contributed by atoms with Crippen LogP contribution in [0.25, 0.3) is 0 Å². The molecular weight excluding hydrogens is 418 g/mol. The molecule has 8 nitrogen and oxygen atoms in total. The highest BCUT2D eigenvalue weighted by atomic mass is 16.5. The van der Waals surface area contributed by atoms with Gasteiger partial charge >= 0.3 is 0 Å². The molecule has 0 aliphatic carbocycles. The lowest BCUT2D eigenvalue weighted by Crippen LogP contribution is -2.37. The molecule has 1 aromatic heterocycles. The first-order chi connectivity index (χ1) is 16.1. The summed E-state index contributed by atoms with van der Waals surface area (Å²) in [5, 5.41) is 8.18. The van der Waals surface area contributed by atoms with Gasteiger partial charge in [-0.25, -0.2) is 4.68 Å². The van der Waals surface area contributed by atoms with Crippen molar-refractivity contribution < 1.29 is 14.3 Å². The molecule has 1 saturated heterocycles. The monoisotopic (exact) mass is 447 g/mol. The first-order valence-electron chi connectivity index (χ1n) is 11.3. The Bertz CT molecular complexity index is 1070. The minimum absolute atomic E-state index is 0.119. The summed E-state index contributed by atoms with van der Waals surface area (Å²) in [6, 6.07) is 17.7. The predicted molar refractivity (Wildman–Crippen MR) is 124 cm³/mol. The fourth-order valence-electron chi connectivity index (χ4n) is 3.98. The van der Waals surface area contributed by atoms with E-state index in [2.05, 4.69) is 10.3 Å². The minimum Gasteiger partial charge on any atom is -0.497 e. The van der Waals surface area contributed by atoms with Crippen LogP contribution in [0, 0.1) is 0 Å². The lowest BCUT2D eigenvalue weighted by atomic mass is 10.1. The molecule has 0 saturated carbocycles. The van der Waals surface area contributed by atoms with E-state index in [4.69, 9.17) is 4.74 Å². The Kier molecular flexibility index (Phi) is 7.34. The predicted octanol–water partition coefficient (Wildman–Crippen LogP) is 2.64. The molecule has 1 aliphatic heterocycles. The Morgan fingerprint density at radius 3 is 2.39 bits per heavy atom. The van der Waals surface area contributed by atoms with Gasteiger partial charge in [0.15, 0.2) is 5.69 Å². The van der Waals surface area contributed by atoms with E-state index in [0.717, 1.165) is 23.3 Å². The van der Waals surface area contributed by atoms with Crippen LogP contribution in [0.15, 0.2) is 60.8 Å². The molecule has 0 radical (unpaired) electrons. The van der Waals surface area contributed by atoms with Crippen LogP contribution in [0.1, 0.15) is 34.5 Å². The second-order valence-corrected chi connectivity index (χ2v) is 8.16. The van der Waals surface area contributed by atoms with Gasteiger partial charge in [0.1, 0.15) is 5.75 Å². The van der Waals surface area contributed by atoms with Crippen molar-refractivity contribution in [2.75, 3.05) is 33.3 Å². The third-order valence-electron chi connectivity index (χ3n) is 5.87. The van der Waals surface area contributed by atoms with E-state index in [0.29, 0.717) is 51.3 Å². The topological polar surface area (TPSA) is 80.6 Å². The molecule has 172 valence electrons. The van der Waals surface area contributed by atoms with Gasteiger partial charge in [-0.1, -0.05) is 47.7 Å². The van der Waals surface area contributed by atoms with Gasteiger partial charge < -0.3 is 14.5 Å². The van der Waals surface area contributed by atoms with Gasteiger partial charge in [-0.05, 0) is 36.1 Å². The zero-order chi connectivity index (χ0) is 23.0. The van der Waals surface area contributed by atoms with E-state index < -0.39 is 0 Å². The lowest BCUT2D eigenvalue weighted by Gasteiger charge is -2.21. The maximum Gasteiger partial charge on any atom is 0.276 e. The molecule has 8 heteroatoms. The Labute approximate surface area is 193 Å². The van der Waals surface area contributed by atoms with Crippen LogP contribution in [0.2, 0.25) is 0 Å². The Balaban J connectivity index is 1.28. The molecule has 0 bridgehead atoms. The maximum absolute atomic E-state index is 13.0. The summed E-state index contributed by atoms with van der Waals surface area (Å²) in [6.07, 6.45) is 3.58. The Morgan fingerprint density at radius 2 is 1.64 bits per heavy atom. The number of amides is 2. The molecule has 3 aromatic rings. The van der Waals surface area contributed by atoms with Gasteiger partial charge in [0.25, 0.3) is 5.91 Å². The Morgan fingerprint density at radius 1 is 0.909 bits per heavy atom. The van der Waals surface area contributed by atoms with Gasteiger partial charge in [-0.15, -0.1) is 5.10 Å². The van der Waals surface area contributed by atoms with Crippen LogP contribution in [0.4, 0.5) is 0 Å².